The smallest absolute Gasteiger partial charge is 0.326 e. The maximum atomic E-state index is 12.7. The Morgan fingerprint density at radius 1 is 0.818 bits per heavy atom. The molecule has 0 aromatic rings. The first kappa shape index (κ1) is 30.2. The quantitative estimate of drug-likeness (QED) is 0.106. The van der Waals surface area contributed by atoms with E-state index in [0.29, 0.717) is 19.4 Å². The summed E-state index contributed by atoms with van der Waals surface area (Å²) in [6, 6.07) is -4.91. The molecule has 0 aliphatic rings. The number of aliphatic hydroxyl groups excluding tert-OH is 1. The van der Waals surface area contributed by atoms with Gasteiger partial charge in [-0.1, -0.05) is 13.8 Å². The predicted molar refractivity (Wildman–Crippen MR) is 118 cm³/mol. The fraction of sp³-hybridized carbons (Fsp3) is 0.750. The third-order valence-corrected chi connectivity index (χ3v) is 4.72. The van der Waals surface area contributed by atoms with Crippen LogP contribution in [0.25, 0.3) is 0 Å². The van der Waals surface area contributed by atoms with Crippen LogP contribution in [0, 0.1) is 5.92 Å². The van der Waals surface area contributed by atoms with E-state index in [2.05, 4.69) is 16.0 Å². The molecule has 0 rings (SSSR count). The third kappa shape index (κ3) is 12.7. The molecule has 0 fully saturated rings. The van der Waals surface area contributed by atoms with Crippen LogP contribution in [0.1, 0.15) is 52.4 Å². The minimum Gasteiger partial charge on any atom is -0.481 e. The zero-order chi connectivity index (χ0) is 25.6. The van der Waals surface area contributed by atoms with Gasteiger partial charge in [0.25, 0.3) is 0 Å². The van der Waals surface area contributed by atoms with Gasteiger partial charge in [0.1, 0.15) is 18.1 Å². The number of amides is 3. The van der Waals surface area contributed by atoms with Crippen LogP contribution < -0.4 is 27.4 Å². The van der Waals surface area contributed by atoms with Crippen LogP contribution in [0.2, 0.25) is 0 Å². The van der Waals surface area contributed by atoms with E-state index in [1.807, 2.05) is 0 Å². The number of nitrogens with one attached hydrogen (secondary N) is 3. The van der Waals surface area contributed by atoms with Gasteiger partial charge in [-0.3, -0.25) is 19.2 Å². The molecular weight excluding hydrogens is 438 g/mol. The number of aliphatic carboxylic acids is 2. The lowest BCUT2D eigenvalue weighted by atomic mass is 10.0. The highest BCUT2D eigenvalue weighted by Crippen LogP contribution is 2.08. The SMILES string of the molecule is CC(C)CC(NC(=O)C(CO)NC(=O)C(N)CCC(=O)O)C(=O)NC(CCCCN)C(=O)O. The van der Waals surface area contributed by atoms with Gasteiger partial charge in [-0.05, 0) is 44.6 Å². The first-order valence-electron chi connectivity index (χ1n) is 10.8. The van der Waals surface area contributed by atoms with Gasteiger partial charge >= 0.3 is 11.9 Å². The van der Waals surface area contributed by atoms with E-state index >= 15 is 0 Å². The van der Waals surface area contributed by atoms with Gasteiger partial charge in [0.15, 0.2) is 0 Å². The predicted octanol–water partition coefficient (Wildman–Crippen LogP) is -2.12. The summed E-state index contributed by atoms with van der Waals surface area (Å²) < 4.78 is 0. The zero-order valence-corrected chi connectivity index (χ0v) is 19.1. The van der Waals surface area contributed by atoms with Crippen LogP contribution in [0.5, 0.6) is 0 Å². The Labute approximate surface area is 192 Å². The van der Waals surface area contributed by atoms with E-state index in [0.717, 1.165) is 0 Å². The standard InChI is InChI=1S/C20H37N5O8/c1-11(2)9-14(18(30)23-13(20(32)33)5-3-4-8-21)24-19(31)15(10-26)25-17(29)12(22)6-7-16(27)28/h11-15,26H,3-10,21-22H2,1-2H3,(H,23,30)(H,24,31)(H,25,29)(H,27,28)(H,32,33). The van der Waals surface area contributed by atoms with Gasteiger partial charge in [0.05, 0.1) is 12.6 Å². The maximum absolute atomic E-state index is 12.7. The van der Waals surface area contributed by atoms with Crippen molar-refractivity contribution in [2.75, 3.05) is 13.2 Å². The molecule has 0 saturated heterocycles. The van der Waals surface area contributed by atoms with Crippen molar-refractivity contribution in [3.05, 3.63) is 0 Å². The molecule has 10 N–H and O–H groups in total. The van der Waals surface area contributed by atoms with Crippen LogP contribution in [0.3, 0.4) is 0 Å². The Kier molecular flexibility index (Phi) is 14.6. The molecule has 0 aromatic carbocycles. The van der Waals surface area contributed by atoms with Crippen molar-refractivity contribution in [3.8, 4) is 0 Å². The molecule has 0 aliphatic carbocycles. The van der Waals surface area contributed by atoms with E-state index < -0.39 is 60.4 Å². The number of carboxylic acids is 2. The molecular formula is C20H37N5O8. The first-order valence-corrected chi connectivity index (χ1v) is 10.8. The second kappa shape index (κ2) is 15.9. The number of carbonyl (C=O) groups is 5. The summed E-state index contributed by atoms with van der Waals surface area (Å²) in [6.45, 7) is 3.20. The fourth-order valence-electron chi connectivity index (χ4n) is 2.88. The van der Waals surface area contributed by atoms with Crippen molar-refractivity contribution in [2.24, 2.45) is 17.4 Å². The van der Waals surface area contributed by atoms with Crippen LogP contribution in [0.15, 0.2) is 0 Å². The van der Waals surface area contributed by atoms with Crippen molar-refractivity contribution in [3.63, 3.8) is 0 Å². The molecule has 13 nitrogen and oxygen atoms in total. The molecule has 3 amide bonds. The second-order valence-electron chi connectivity index (χ2n) is 8.16. The lowest BCUT2D eigenvalue weighted by Crippen LogP contribution is -2.58. The molecule has 33 heavy (non-hydrogen) atoms. The lowest BCUT2D eigenvalue weighted by Gasteiger charge is -2.25. The van der Waals surface area contributed by atoms with Gasteiger partial charge in [-0.15, -0.1) is 0 Å². The average Bonchev–Trinajstić information content (AvgIpc) is 2.73. The number of hydrogen-bond donors (Lipinski definition) is 8. The number of nitrogens with two attached hydrogens (primary N) is 2. The third-order valence-electron chi connectivity index (χ3n) is 4.72. The summed E-state index contributed by atoms with van der Waals surface area (Å²) in [6.07, 6.45) is 0.923. The Bertz CT molecular complexity index is 673. The van der Waals surface area contributed by atoms with Crippen LogP contribution >= 0.6 is 0 Å². The van der Waals surface area contributed by atoms with Gasteiger partial charge in [-0.2, -0.15) is 0 Å². The summed E-state index contributed by atoms with van der Waals surface area (Å²) in [4.78, 5) is 59.5. The summed E-state index contributed by atoms with van der Waals surface area (Å²) in [5, 5.41) is 34.6. The molecule has 0 radical (unpaired) electrons. The van der Waals surface area contributed by atoms with Gasteiger partial charge in [-0.25, -0.2) is 4.79 Å². The molecule has 0 aromatic heterocycles. The van der Waals surface area contributed by atoms with Gasteiger partial charge in [0, 0.05) is 6.42 Å². The maximum Gasteiger partial charge on any atom is 0.326 e. The average molecular weight is 476 g/mol. The summed E-state index contributed by atoms with van der Waals surface area (Å²) in [5.74, 6) is -4.81. The topological polar surface area (TPSA) is 234 Å². The van der Waals surface area contributed by atoms with Crippen molar-refractivity contribution in [1.82, 2.24) is 16.0 Å². The highest BCUT2D eigenvalue weighted by Gasteiger charge is 2.30. The van der Waals surface area contributed by atoms with Crippen molar-refractivity contribution in [2.45, 2.75) is 76.5 Å². The Balaban J connectivity index is 5.19. The van der Waals surface area contributed by atoms with Crippen LogP contribution in [-0.4, -0.2) is 82.3 Å². The van der Waals surface area contributed by atoms with Crippen LogP contribution in [0.4, 0.5) is 0 Å². The van der Waals surface area contributed by atoms with E-state index in [-0.39, 0.29) is 31.6 Å². The number of hydrogen-bond acceptors (Lipinski definition) is 8. The zero-order valence-electron chi connectivity index (χ0n) is 19.1. The number of aliphatic hydroxyl groups is 1. The molecule has 190 valence electrons. The number of unbranched alkanes of at least 4 members (excludes halogenated alkanes) is 1. The Morgan fingerprint density at radius 2 is 1.36 bits per heavy atom. The minimum atomic E-state index is -1.43. The molecule has 0 heterocycles. The second-order valence-corrected chi connectivity index (χ2v) is 8.16. The normalized spacial score (nSPS) is 14.6. The lowest BCUT2D eigenvalue weighted by molar-refractivity contribution is -0.142. The summed E-state index contributed by atoms with van der Waals surface area (Å²) >= 11 is 0. The van der Waals surface area contributed by atoms with E-state index in [9.17, 15) is 34.2 Å². The van der Waals surface area contributed by atoms with Crippen molar-refractivity contribution < 1.29 is 39.3 Å². The van der Waals surface area contributed by atoms with Crippen molar-refractivity contribution in [1.29, 1.82) is 0 Å². The fourth-order valence-corrected chi connectivity index (χ4v) is 2.88. The molecule has 13 heteroatoms. The van der Waals surface area contributed by atoms with Crippen LogP contribution in [-0.2, 0) is 24.0 Å². The largest absolute Gasteiger partial charge is 0.481 e. The van der Waals surface area contributed by atoms with E-state index in [4.69, 9.17) is 16.6 Å². The molecule has 0 bridgehead atoms. The van der Waals surface area contributed by atoms with Crippen molar-refractivity contribution >= 4 is 29.7 Å². The molecule has 4 atom stereocenters. The minimum absolute atomic E-state index is 0.0480. The number of carbonyl (C=O) groups excluding carboxylic acids is 3. The first-order chi connectivity index (χ1) is 15.4. The van der Waals surface area contributed by atoms with E-state index in [1.165, 1.54) is 0 Å². The Hall–Kier alpha value is -2.77. The summed E-state index contributed by atoms with van der Waals surface area (Å²) in [5.41, 5.74) is 11.0. The molecule has 0 spiro atoms. The monoisotopic (exact) mass is 475 g/mol. The molecule has 4 unspecified atom stereocenters. The van der Waals surface area contributed by atoms with Gasteiger partial charge in [0.2, 0.25) is 17.7 Å². The highest BCUT2D eigenvalue weighted by molar-refractivity contribution is 5.94. The van der Waals surface area contributed by atoms with Gasteiger partial charge < -0.3 is 42.7 Å². The Morgan fingerprint density at radius 3 is 1.85 bits per heavy atom. The number of carboxylic acid groups (broad SMARTS) is 2. The van der Waals surface area contributed by atoms with E-state index in [1.54, 1.807) is 13.8 Å². The highest BCUT2D eigenvalue weighted by atomic mass is 16.4. The molecule has 0 aliphatic heterocycles. The molecule has 0 saturated carbocycles. The summed E-state index contributed by atoms with van der Waals surface area (Å²) in [7, 11) is 0. The number of rotatable bonds is 17.